The first-order valence-corrected chi connectivity index (χ1v) is 8.19. The predicted molar refractivity (Wildman–Crippen MR) is 93.0 cm³/mol. The number of methoxy groups -OCH3 is 2. The van der Waals surface area contributed by atoms with Gasteiger partial charge in [0, 0.05) is 31.5 Å². The van der Waals surface area contributed by atoms with Crippen LogP contribution in [0, 0.1) is 6.92 Å². The molecule has 1 saturated heterocycles. The molecule has 8 heteroatoms. The summed E-state index contributed by atoms with van der Waals surface area (Å²) in [4.78, 5) is 34.0. The van der Waals surface area contributed by atoms with Crippen molar-refractivity contribution in [2.45, 2.75) is 13.3 Å². The van der Waals surface area contributed by atoms with E-state index in [4.69, 9.17) is 9.47 Å². The van der Waals surface area contributed by atoms with Crippen LogP contribution in [0.5, 0.6) is 11.8 Å². The third kappa shape index (κ3) is 3.30. The quantitative estimate of drug-likeness (QED) is 0.829. The number of rotatable bonds is 4. The molecule has 0 aromatic carbocycles. The fourth-order valence-corrected chi connectivity index (χ4v) is 2.85. The van der Waals surface area contributed by atoms with E-state index in [0.29, 0.717) is 31.0 Å². The predicted octanol–water partition coefficient (Wildman–Crippen LogP) is 1.71. The molecule has 0 atom stereocenters. The van der Waals surface area contributed by atoms with Crippen molar-refractivity contribution in [3.63, 3.8) is 0 Å². The van der Waals surface area contributed by atoms with E-state index in [9.17, 15) is 9.59 Å². The number of aryl methyl sites for hydroxylation is 1. The standard InChI is InChI=1S/C18H20N4O4/c1-12-9-13(11-19-10-12)17(23)21-7-4-8-22(21)18(24)14-5-6-15(25-2)20-16(14)26-3/h5-6,9-11H,4,7-8H2,1-3H3. The van der Waals surface area contributed by atoms with Gasteiger partial charge in [-0.25, -0.2) is 10.0 Å². The molecule has 2 amide bonds. The molecule has 0 radical (unpaired) electrons. The summed E-state index contributed by atoms with van der Waals surface area (Å²) < 4.78 is 10.3. The Bertz CT molecular complexity index is 840. The van der Waals surface area contributed by atoms with Gasteiger partial charge < -0.3 is 9.47 Å². The summed E-state index contributed by atoms with van der Waals surface area (Å²) in [6, 6.07) is 4.93. The number of aromatic nitrogens is 2. The Morgan fingerprint density at radius 1 is 1.04 bits per heavy atom. The third-order valence-corrected chi connectivity index (χ3v) is 4.09. The second-order valence-corrected chi connectivity index (χ2v) is 5.87. The van der Waals surface area contributed by atoms with Crippen molar-refractivity contribution in [3.8, 4) is 11.8 Å². The van der Waals surface area contributed by atoms with Gasteiger partial charge in [0.2, 0.25) is 11.8 Å². The molecule has 8 nitrogen and oxygen atoms in total. The molecule has 1 aliphatic heterocycles. The highest BCUT2D eigenvalue weighted by Gasteiger charge is 2.33. The van der Waals surface area contributed by atoms with Gasteiger partial charge in [-0.15, -0.1) is 0 Å². The van der Waals surface area contributed by atoms with Crippen LogP contribution in [0.3, 0.4) is 0 Å². The lowest BCUT2D eigenvalue weighted by Gasteiger charge is -2.28. The molecule has 2 aromatic rings. The number of carbonyl (C=O) groups is 2. The number of hydrazine groups is 1. The summed E-state index contributed by atoms with van der Waals surface area (Å²) in [7, 11) is 2.92. The van der Waals surface area contributed by atoms with Crippen molar-refractivity contribution < 1.29 is 19.1 Å². The van der Waals surface area contributed by atoms with Crippen LogP contribution < -0.4 is 9.47 Å². The van der Waals surface area contributed by atoms with E-state index in [-0.39, 0.29) is 23.3 Å². The number of pyridine rings is 2. The highest BCUT2D eigenvalue weighted by Crippen LogP contribution is 2.24. The minimum atomic E-state index is -0.344. The van der Waals surface area contributed by atoms with Gasteiger partial charge in [-0.2, -0.15) is 4.98 Å². The topological polar surface area (TPSA) is 84.9 Å². The molecule has 0 saturated carbocycles. The van der Waals surface area contributed by atoms with Gasteiger partial charge >= 0.3 is 0 Å². The first-order chi connectivity index (χ1) is 12.5. The Labute approximate surface area is 151 Å². The highest BCUT2D eigenvalue weighted by atomic mass is 16.5. The number of ether oxygens (including phenoxy) is 2. The molecule has 2 aromatic heterocycles. The van der Waals surface area contributed by atoms with Crippen LogP contribution in [-0.2, 0) is 0 Å². The zero-order chi connectivity index (χ0) is 18.7. The van der Waals surface area contributed by atoms with E-state index < -0.39 is 0 Å². The van der Waals surface area contributed by atoms with Crippen LogP contribution in [0.1, 0.15) is 32.7 Å². The lowest BCUT2D eigenvalue weighted by molar-refractivity contribution is 0.0183. The zero-order valence-electron chi connectivity index (χ0n) is 14.9. The number of nitrogens with zero attached hydrogens (tertiary/aromatic N) is 4. The fourth-order valence-electron chi connectivity index (χ4n) is 2.85. The molecule has 26 heavy (non-hydrogen) atoms. The van der Waals surface area contributed by atoms with E-state index in [2.05, 4.69) is 9.97 Å². The third-order valence-electron chi connectivity index (χ3n) is 4.09. The van der Waals surface area contributed by atoms with Crippen molar-refractivity contribution in [2.24, 2.45) is 0 Å². The minimum Gasteiger partial charge on any atom is -0.481 e. The summed E-state index contributed by atoms with van der Waals surface area (Å²) >= 11 is 0. The van der Waals surface area contributed by atoms with Gasteiger partial charge in [-0.1, -0.05) is 0 Å². The second kappa shape index (κ2) is 7.38. The summed E-state index contributed by atoms with van der Waals surface area (Å²) in [6.45, 7) is 2.77. The van der Waals surface area contributed by atoms with E-state index in [0.717, 1.165) is 5.56 Å². The Morgan fingerprint density at radius 3 is 2.42 bits per heavy atom. The average molecular weight is 356 g/mol. The Kier molecular flexibility index (Phi) is 5.01. The molecule has 0 spiro atoms. The van der Waals surface area contributed by atoms with Crippen LogP contribution in [0.15, 0.2) is 30.6 Å². The van der Waals surface area contributed by atoms with Crippen molar-refractivity contribution in [3.05, 3.63) is 47.3 Å². The van der Waals surface area contributed by atoms with Crippen LogP contribution in [0.4, 0.5) is 0 Å². The second-order valence-electron chi connectivity index (χ2n) is 5.87. The Morgan fingerprint density at radius 2 is 1.77 bits per heavy atom. The maximum Gasteiger partial charge on any atom is 0.277 e. The van der Waals surface area contributed by atoms with Crippen LogP contribution in [0.25, 0.3) is 0 Å². The molecule has 0 bridgehead atoms. The van der Waals surface area contributed by atoms with Gasteiger partial charge in [0.05, 0.1) is 19.8 Å². The van der Waals surface area contributed by atoms with Gasteiger partial charge in [-0.3, -0.25) is 14.6 Å². The molecule has 1 fully saturated rings. The van der Waals surface area contributed by atoms with E-state index in [1.165, 1.54) is 30.4 Å². The van der Waals surface area contributed by atoms with E-state index >= 15 is 0 Å². The molecular weight excluding hydrogens is 336 g/mol. The van der Waals surface area contributed by atoms with Crippen LogP contribution in [-0.4, -0.2) is 59.1 Å². The van der Waals surface area contributed by atoms with Crippen molar-refractivity contribution in [1.82, 2.24) is 20.0 Å². The van der Waals surface area contributed by atoms with Crippen molar-refractivity contribution >= 4 is 11.8 Å². The molecule has 0 unspecified atom stereocenters. The molecule has 1 aliphatic rings. The fraction of sp³-hybridized carbons (Fsp3) is 0.333. The molecule has 136 valence electrons. The van der Waals surface area contributed by atoms with Crippen LogP contribution in [0.2, 0.25) is 0 Å². The summed E-state index contributed by atoms with van der Waals surface area (Å²) in [5.41, 5.74) is 1.61. The first-order valence-electron chi connectivity index (χ1n) is 8.19. The monoisotopic (exact) mass is 356 g/mol. The summed E-state index contributed by atoms with van der Waals surface area (Å²) in [5, 5.41) is 2.87. The summed E-state index contributed by atoms with van der Waals surface area (Å²) in [5.74, 6) is -0.0968. The van der Waals surface area contributed by atoms with Gasteiger partial charge in [0.15, 0.2) is 0 Å². The Hall–Kier alpha value is -3.16. The van der Waals surface area contributed by atoms with Gasteiger partial charge in [-0.05, 0) is 31.0 Å². The van der Waals surface area contributed by atoms with Gasteiger partial charge in [0.25, 0.3) is 11.8 Å². The first kappa shape index (κ1) is 17.7. The Balaban J connectivity index is 1.88. The minimum absolute atomic E-state index is 0.158. The normalized spacial score (nSPS) is 13.7. The van der Waals surface area contributed by atoms with Gasteiger partial charge in [0.1, 0.15) is 5.56 Å². The number of hydrogen-bond acceptors (Lipinski definition) is 6. The lowest BCUT2D eigenvalue weighted by Crippen LogP contribution is -2.45. The lowest BCUT2D eigenvalue weighted by atomic mass is 10.2. The zero-order valence-corrected chi connectivity index (χ0v) is 14.9. The van der Waals surface area contributed by atoms with Crippen molar-refractivity contribution in [2.75, 3.05) is 27.3 Å². The molecule has 3 rings (SSSR count). The largest absolute Gasteiger partial charge is 0.481 e. The average Bonchev–Trinajstić information content (AvgIpc) is 3.16. The van der Waals surface area contributed by atoms with E-state index in [1.807, 2.05) is 6.92 Å². The maximum atomic E-state index is 13.0. The van der Waals surface area contributed by atoms with E-state index in [1.54, 1.807) is 24.4 Å². The summed E-state index contributed by atoms with van der Waals surface area (Å²) in [6.07, 6.45) is 3.88. The number of carbonyl (C=O) groups excluding carboxylic acids is 2. The molecule has 0 aliphatic carbocycles. The maximum absolute atomic E-state index is 13.0. The number of amides is 2. The van der Waals surface area contributed by atoms with Crippen LogP contribution >= 0.6 is 0 Å². The number of hydrogen-bond donors (Lipinski definition) is 0. The highest BCUT2D eigenvalue weighted by molar-refractivity contribution is 6.00. The molecular formula is C18H20N4O4. The van der Waals surface area contributed by atoms with Crippen molar-refractivity contribution in [1.29, 1.82) is 0 Å². The molecule has 3 heterocycles. The SMILES string of the molecule is COc1ccc(C(=O)N2CCCN2C(=O)c2cncc(C)c2)c(OC)n1. The smallest absolute Gasteiger partial charge is 0.277 e. The molecule has 0 N–H and O–H groups in total.